The zero-order chi connectivity index (χ0) is 28.3. The zero-order valence-corrected chi connectivity index (χ0v) is 23.1. The number of carbonyl (C=O) groups excluding carboxylic acids is 2. The predicted molar refractivity (Wildman–Crippen MR) is 156 cm³/mol. The van der Waals surface area contributed by atoms with Crippen LogP contribution in [0.4, 0.5) is 0 Å². The zero-order valence-electron chi connectivity index (χ0n) is 23.1. The molecule has 0 saturated carbocycles. The number of furan rings is 1. The quantitative estimate of drug-likeness (QED) is 0.121. The molecule has 0 amide bonds. The van der Waals surface area contributed by atoms with Crippen molar-refractivity contribution in [1.82, 2.24) is 14.3 Å². The summed E-state index contributed by atoms with van der Waals surface area (Å²) in [6.07, 6.45) is 7.03. The molecule has 6 rings (SSSR count). The second-order valence-electron chi connectivity index (χ2n) is 10.3. The van der Waals surface area contributed by atoms with Gasteiger partial charge in [-0.1, -0.05) is 36.4 Å². The van der Waals surface area contributed by atoms with E-state index in [0.29, 0.717) is 22.6 Å². The van der Waals surface area contributed by atoms with Crippen LogP contribution in [0.3, 0.4) is 0 Å². The SMILES string of the molecule is Cc1cc(C(=O)COC(=O)C=Cc2cn(-c3ccccc3)nc2-c2cc3ccccc3o2)c(C)n1CC1CCCO1. The average molecular weight is 550 g/mol. The predicted octanol–water partition coefficient (Wildman–Crippen LogP) is 6.32. The Hall–Kier alpha value is -4.69. The summed E-state index contributed by atoms with van der Waals surface area (Å²) >= 11 is 0. The summed E-state index contributed by atoms with van der Waals surface area (Å²) in [5.41, 5.74) is 5.29. The highest BCUT2D eigenvalue weighted by molar-refractivity contribution is 6.00. The summed E-state index contributed by atoms with van der Waals surface area (Å²) < 4.78 is 21.0. The highest BCUT2D eigenvalue weighted by atomic mass is 16.5. The Labute approximate surface area is 237 Å². The van der Waals surface area contributed by atoms with E-state index < -0.39 is 5.97 Å². The van der Waals surface area contributed by atoms with Crippen molar-refractivity contribution >= 4 is 28.8 Å². The van der Waals surface area contributed by atoms with E-state index in [4.69, 9.17) is 19.0 Å². The monoisotopic (exact) mass is 549 g/mol. The largest absolute Gasteiger partial charge is 0.454 e. The molecule has 41 heavy (non-hydrogen) atoms. The molecule has 0 N–H and O–H groups in total. The molecule has 0 bridgehead atoms. The number of hydrogen-bond donors (Lipinski definition) is 0. The third kappa shape index (κ3) is 5.64. The van der Waals surface area contributed by atoms with Crippen molar-refractivity contribution in [3.05, 3.63) is 102 Å². The summed E-state index contributed by atoms with van der Waals surface area (Å²) in [6.45, 7) is 5.06. The summed E-state index contributed by atoms with van der Waals surface area (Å²) in [5, 5.41) is 5.71. The van der Waals surface area contributed by atoms with Crippen molar-refractivity contribution in [1.29, 1.82) is 0 Å². The van der Waals surface area contributed by atoms with E-state index in [1.54, 1.807) is 10.8 Å². The number of hydrogen-bond acceptors (Lipinski definition) is 6. The maximum atomic E-state index is 13.0. The Morgan fingerprint density at radius 1 is 1.07 bits per heavy atom. The molecule has 8 heteroatoms. The maximum Gasteiger partial charge on any atom is 0.331 e. The number of nitrogens with zero attached hydrogens (tertiary/aromatic N) is 3. The molecule has 1 aliphatic rings. The van der Waals surface area contributed by atoms with Crippen LogP contribution >= 0.6 is 0 Å². The molecule has 4 heterocycles. The van der Waals surface area contributed by atoms with Crippen molar-refractivity contribution in [2.24, 2.45) is 0 Å². The summed E-state index contributed by atoms with van der Waals surface area (Å²) in [4.78, 5) is 25.6. The third-order valence-electron chi connectivity index (χ3n) is 7.45. The minimum Gasteiger partial charge on any atom is -0.454 e. The van der Waals surface area contributed by atoms with Crippen LogP contribution in [0.5, 0.6) is 0 Å². The molecule has 1 unspecified atom stereocenters. The molecule has 0 aliphatic carbocycles. The van der Waals surface area contributed by atoms with Crippen molar-refractivity contribution < 1.29 is 23.5 Å². The fraction of sp³-hybridized carbons (Fsp3) is 0.242. The van der Waals surface area contributed by atoms with Crippen LogP contribution in [0.2, 0.25) is 0 Å². The maximum absolute atomic E-state index is 13.0. The highest BCUT2D eigenvalue weighted by Gasteiger charge is 2.22. The van der Waals surface area contributed by atoms with Gasteiger partial charge in [0.25, 0.3) is 0 Å². The number of aromatic nitrogens is 3. The summed E-state index contributed by atoms with van der Waals surface area (Å²) in [5.74, 6) is -0.268. The minimum atomic E-state index is -0.616. The van der Waals surface area contributed by atoms with Gasteiger partial charge < -0.3 is 18.5 Å². The van der Waals surface area contributed by atoms with Gasteiger partial charge in [0.15, 0.2) is 12.4 Å². The first-order valence-electron chi connectivity index (χ1n) is 13.8. The fourth-order valence-electron chi connectivity index (χ4n) is 5.29. The van der Waals surface area contributed by atoms with Gasteiger partial charge in [-0.2, -0.15) is 5.10 Å². The first-order chi connectivity index (χ1) is 20.0. The molecule has 1 atom stereocenters. The van der Waals surface area contributed by atoms with Gasteiger partial charge in [-0.25, -0.2) is 9.48 Å². The molecule has 0 spiro atoms. The van der Waals surface area contributed by atoms with Crippen molar-refractivity contribution in [3.8, 4) is 17.1 Å². The smallest absolute Gasteiger partial charge is 0.331 e. The normalized spacial score (nSPS) is 15.2. The van der Waals surface area contributed by atoms with Crippen LogP contribution in [0, 0.1) is 13.8 Å². The lowest BCUT2D eigenvalue weighted by molar-refractivity contribution is -0.136. The molecule has 0 radical (unpaired) electrons. The van der Waals surface area contributed by atoms with Gasteiger partial charge >= 0.3 is 5.97 Å². The van der Waals surface area contributed by atoms with Crippen LogP contribution in [0.15, 0.2) is 83.4 Å². The molecule has 8 nitrogen and oxygen atoms in total. The Bertz CT molecular complexity index is 1700. The lowest BCUT2D eigenvalue weighted by Crippen LogP contribution is -2.18. The van der Waals surface area contributed by atoms with Gasteiger partial charge in [-0.05, 0) is 63.1 Å². The first kappa shape index (κ1) is 26.5. The Kier molecular flexibility index (Phi) is 7.39. The van der Waals surface area contributed by atoms with Crippen LogP contribution in [-0.2, 0) is 20.8 Å². The van der Waals surface area contributed by atoms with Crippen molar-refractivity contribution in [2.45, 2.75) is 39.3 Å². The molecule has 5 aromatic rings. The molecule has 2 aromatic carbocycles. The lowest BCUT2D eigenvalue weighted by atomic mass is 10.1. The van der Waals surface area contributed by atoms with Gasteiger partial charge in [0.1, 0.15) is 11.3 Å². The van der Waals surface area contributed by atoms with Gasteiger partial charge in [0, 0.05) is 53.3 Å². The number of aryl methyl sites for hydroxylation is 1. The lowest BCUT2D eigenvalue weighted by Gasteiger charge is -2.14. The fourth-order valence-corrected chi connectivity index (χ4v) is 5.29. The molecule has 1 aliphatic heterocycles. The van der Waals surface area contributed by atoms with Crippen LogP contribution in [-0.4, -0.2) is 45.4 Å². The first-order valence-corrected chi connectivity index (χ1v) is 13.8. The Balaban J connectivity index is 1.18. The van der Waals surface area contributed by atoms with E-state index in [2.05, 4.69) is 4.57 Å². The van der Waals surface area contributed by atoms with E-state index in [1.165, 1.54) is 6.08 Å². The van der Waals surface area contributed by atoms with Crippen molar-refractivity contribution in [2.75, 3.05) is 13.2 Å². The van der Waals surface area contributed by atoms with Gasteiger partial charge in [0.2, 0.25) is 5.78 Å². The molecule has 208 valence electrons. The van der Waals surface area contributed by atoms with E-state index in [1.807, 2.05) is 86.8 Å². The molecule has 1 fully saturated rings. The number of ether oxygens (including phenoxy) is 2. The standard InChI is InChI=1S/C33H31N3O5/c1-22-17-28(23(2)35(22)20-27-12-8-16-39-27)29(37)21-40-32(38)15-14-25-19-36(26-10-4-3-5-11-26)34-33(25)31-18-24-9-6-7-13-30(24)41-31/h3-7,9-11,13-15,17-19,27H,8,12,16,20-21H2,1-2H3. The molecule has 3 aromatic heterocycles. The summed E-state index contributed by atoms with van der Waals surface area (Å²) in [7, 11) is 0. The number of carbonyl (C=O) groups is 2. The molecule has 1 saturated heterocycles. The van der Waals surface area contributed by atoms with Crippen LogP contribution in [0.25, 0.3) is 34.2 Å². The minimum absolute atomic E-state index is 0.168. The third-order valence-corrected chi connectivity index (χ3v) is 7.45. The number of benzene rings is 2. The number of fused-ring (bicyclic) bond motifs is 1. The van der Waals surface area contributed by atoms with Crippen LogP contribution in [0.1, 0.15) is 40.2 Å². The van der Waals surface area contributed by atoms with Gasteiger partial charge in [0.05, 0.1) is 11.8 Å². The number of ketones is 1. The van der Waals surface area contributed by atoms with Crippen molar-refractivity contribution in [3.63, 3.8) is 0 Å². The average Bonchev–Trinajstić information content (AvgIpc) is 3.79. The number of para-hydroxylation sites is 2. The summed E-state index contributed by atoms with van der Waals surface area (Å²) in [6, 6.07) is 21.2. The second-order valence-corrected chi connectivity index (χ2v) is 10.3. The Morgan fingerprint density at radius 2 is 1.88 bits per heavy atom. The van der Waals surface area contributed by atoms with Crippen LogP contribution < -0.4 is 0 Å². The topological polar surface area (TPSA) is 88.5 Å². The van der Waals surface area contributed by atoms with E-state index in [9.17, 15) is 9.59 Å². The second kappa shape index (κ2) is 11.4. The number of Topliss-reactive ketones (excluding diaryl/α,β-unsaturated/α-hetero) is 1. The highest BCUT2D eigenvalue weighted by Crippen LogP contribution is 2.30. The van der Waals surface area contributed by atoms with E-state index in [-0.39, 0.29) is 18.5 Å². The number of esters is 1. The van der Waals surface area contributed by atoms with Gasteiger partial charge in [-0.3, -0.25) is 4.79 Å². The Morgan fingerprint density at radius 3 is 2.66 bits per heavy atom. The molecular weight excluding hydrogens is 518 g/mol. The van der Waals surface area contributed by atoms with E-state index >= 15 is 0 Å². The van der Waals surface area contributed by atoms with Gasteiger partial charge in [-0.15, -0.1) is 0 Å². The van der Waals surface area contributed by atoms with E-state index in [0.717, 1.165) is 54.0 Å². The number of rotatable bonds is 9. The molecular formula is C33H31N3O5.